The second-order valence-electron chi connectivity index (χ2n) is 5.21. The van der Waals surface area contributed by atoms with Crippen LogP contribution >= 0.6 is 11.3 Å². The molecule has 0 spiro atoms. The van der Waals surface area contributed by atoms with Crippen molar-refractivity contribution in [1.29, 1.82) is 0 Å². The van der Waals surface area contributed by atoms with E-state index in [-0.39, 0.29) is 0 Å². The minimum absolute atomic E-state index is 0.413. The molecular formula is C14H15F3N2S. The van der Waals surface area contributed by atoms with Crippen LogP contribution in [0.4, 0.5) is 18.3 Å². The second-order valence-corrected chi connectivity index (χ2v) is 6.24. The summed E-state index contributed by atoms with van der Waals surface area (Å²) in [4.78, 5) is 4.23. The summed E-state index contributed by atoms with van der Waals surface area (Å²) < 4.78 is 38.6. The first kappa shape index (κ1) is 13.7. The van der Waals surface area contributed by atoms with Gasteiger partial charge in [-0.05, 0) is 30.5 Å². The van der Waals surface area contributed by atoms with Crippen molar-refractivity contribution >= 4 is 26.7 Å². The number of thiazole rings is 1. The van der Waals surface area contributed by atoms with Crippen LogP contribution in [0.15, 0.2) is 18.2 Å². The fourth-order valence-electron chi connectivity index (χ4n) is 2.34. The first-order valence-electron chi connectivity index (χ1n) is 6.74. The average molecular weight is 300 g/mol. The minimum Gasteiger partial charge on any atom is -0.361 e. The van der Waals surface area contributed by atoms with Gasteiger partial charge in [0.15, 0.2) is 5.13 Å². The second kappa shape index (κ2) is 5.24. The number of aromatic nitrogens is 1. The Hall–Kier alpha value is -1.30. The summed E-state index contributed by atoms with van der Waals surface area (Å²) in [6, 6.07) is 3.72. The predicted molar refractivity (Wildman–Crippen MR) is 75.1 cm³/mol. The van der Waals surface area contributed by atoms with Gasteiger partial charge in [0.25, 0.3) is 0 Å². The van der Waals surface area contributed by atoms with Gasteiger partial charge in [0.05, 0.1) is 15.8 Å². The van der Waals surface area contributed by atoms with Crippen LogP contribution in [0.1, 0.15) is 31.2 Å². The highest BCUT2D eigenvalue weighted by Crippen LogP contribution is 2.34. The molecule has 0 radical (unpaired) electrons. The third-order valence-electron chi connectivity index (χ3n) is 3.77. The van der Waals surface area contributed by atoms with Crippen molar-refractivity contribution in [2.75, 3.05) is 11.9 Å². The smallest absolute Gasteiger partial charge is 0.361 e. The number of alkyl halides is 3. The Morgan fingerprint density at radius 1 is 1.30 bits per heavy atom. The normalized spacial score (nSPS) is 16.4. The lowest BCUT2D eigenvalue weighted by Gasteiger charge is -2.24. The molecule has 1 N–H and O–H groups in total. The lowest BCUT2D eigenvalue weighted by molar-refractivity contribution is -0.137. The molecule has 0 aliphatic heterocycles. The first-order valence-corrected chi connectivity index (χ1v) is 7.56. The summed E-state index contributed by atoms with van der Waals surface area (Å²) in [6.45, 7) is 0.844. The van der Waals surface area contributed by atoms with Gasteiger partial charge in [0.1, 0.15) is 0 Å². The van der Waals surface area contributed by atoms with E-state index in [1.54, 1.807) is 0 Å². The number of benzene rings is 1. The Morgan fingerprint density at radius 2 is 2.10 bits per heavy atom. The molecule has 0 unspecified atom stereocenters. The van der Waals surface area contributed by atoms with E-state index in [0.29, 0.717) is 10.6 Å². The molecule has 0 saturated heterocycles. The SMILES string of the molecule is FC(F)(F)c1ccc2sc(NCCC3CCC3)nc2c1. The summed E-state index contributed by atoms with van der Waals surface area (Å²) >= 11 is 1.40. The molecule has 0 atom stereocenters. The third-order valence-corrected chi connectivity index (χ3v) is 4.76. The molecule has 1 aromatic carbocycles. The van der Waals surface area contributed by atoms with Crippen molar-refractivity contribution in [2.45, 2.75) is 31.9 Å². The number of nitrogens with zero attached hydrogens (tertiary/aromatic N) is 1. The van der Waals surface area contributed by atoms with Crippen molar-refractivity contribution in [1.82, 2.24) is 4.98 Å². The lowest BCUT2D eigenvalue weighted by Crippen LogP contribution is -2.15. The molecule has 1 aromatic heterocycles. The van der Waals surface area contributed by atoms with Crippen molar-refractivity contribution in [3.63, 3.8) is 0 Å². The van der Waals surface area contributed by atoms with Gasteiger partial charge in [0, 0.05) is 6.54 Å². The quantitative estimate of drug-likeness (QED) is 0.867. The fourth-order valence-corrected chi connectivity index (χ4v) is 3.22. The molecule has 1 aliphatic rings. The zero-order valence-electron chi connectivity index (χ0n) is 10.8. The van der Waals surface area contributed by atoms with Gasteiger partial charge in [-0.3, -0.25) is 0 Å². The van der Waals surface area contributed by atoms with E-state index in [4.69, 9.17) is 0 Å². The molecule has 20 heavy (non-hydrogen) atoms. The topological polar surface area (TPSA) is 24.9 Å². The molecule has 1 saturated carbocycles. The number of anilines is 1. The van der Waals surface area contributed by atoms with Crippen molar-refractivity contribution in [3.8, 4) is 0 Å². The Balaban J connectivity index is 1.69. The number of fused-ring (bicyclic) bond motifs is 1. The lowest BCUT2D eigenvalue weighted by atomic mass is 9.83. The highest BCUT2D eigenvalue weighted by Gasteiger charge is 2.30. The third kappa shape index (κ3) is 2.90. The van der Waals surface area contributed by atoms with Gasteiger partial charge in [-0.15, -0.1) is 0 Å². The Bertz CT molecular complexity index is 602. The summed E-state index contributed by atoms with van der Waals surface area (Å²) in [5.41, 5.74) is -0.229. The maximum atomic E-state index is 12.6. The summed E-state index contributed by atoms with van der Waals surface area (Å²) in [5.74, 6) is 0.814. The summed E-state index contributed by atoms with van der Waals surface area (Å²) in [7, 11) is 0. The number of hydrogen-bond donors (Lipinski definition) is 1. The standard InChI is InChI=1S/C14H15F3N2S/c15-14(16,17)10-4-5-12-11(8-10)19-13(20-12)18-7-6-9-2-1-3-9/h4-5,8-9H,1-3,6-7H2,(H,18,19). The van der Waals surface area contributed by atoms with Gasteiger partial charge in [-0.2, -0.15) is 13.2 Å². The highest BCUT2D eigenvalue weighted by molar-refractivity contribution is 7.22. The van der Waals surface area contributed by atoms with E-state index in [2.05, 4.69) is 10.3 Å². The van der Waals surface area contributed by atoms with Crippen LogP contribution in [0, 0.1) is 5.92 Å². The molecule has 0 amide bonds. The molecule has 1 fully saturated rings. The molecule has 0 bridgehead atoms. The molecule has 1 aliphatic carbocycles. The van der Waals surface area contributed by atoms with E-state index >= 15 is 0 Å². The summed E-state index contributed by atoms with van der Waals surface area (Å²) in [6.07, 6.45) is 0.734. The van der Waals surface area contributed by atoms with Crippen LogP contribution in [0.2, 0.25) is 0 Å². The molecule has 3 rings (SSSR count). The number of hydrogen-bond acceptors (Lipinski definition) is 3. The molecule has 2 aromatic rings. The highest BCUT2D eigenvalue weighted by atomic mass is 32.1. The zero-order valence-corrected chi connectivity index (χ0v) is 11.7. The van der Waals surface area contributed by atoms with Crippen LogP contribution in [-0.2, 0) is 6.18 Å². The monoisotopic (exact) mass is 300 g/mol. The molecule has 2 nitrogen and oxygen atoms in total. The van der Waals surface area contributed by atoms with Crippen LogP contribution < -0.4 is 5.32 Å². The van der Waals surface area contributed by atoms with Gasteiger partial charge >= 0.3 is 6.18 Å². The van der Waals surface area contributed by atoms with E-state index in [9.17, 15) is 13.2 Å². The van der Waals surface area contributed by atoms with Crippen LogP contribution in [0.3, 0.4) is 0 Å². The number of rotatable bonds is 4. The van der Waals surface area contributed by atoms with E-state index in [1.807, 2.05) is 0 Å². The molecular weight excluding hydrogens is 285 g/mol. The maximum Gasteiger partial charge on any atom is 0.416 e. The minimum atomic E-state index is -4.31. The summed E-state index contributed by atoms with van der Waals surface area (Å²) in [5, 5.41) is 3.92. The van der Waals surface area contributed by atoms with E-state index in [1.165, 1.54) is 36.7 Å². The number of halogens is 3. The van der Waals surface area contributed by atoms with Crippen molar-refractivity contribution in [2.24, 2.45) is 5.92 Å². The van der Waals surface area contributed by atoms with Crippen LogP contribution in [0.25, 0.3) is 10.2 Å². The molecule has 108 valence electrons. The zero-order chi connectivity index (χ0) is 14.2. The van der Waals surface area contributed by atoms with E-state index in [0.717, 1.165) is 35.7 Å². The maximum absolute atomic E-state index is 12.6. The fraction of sp³-hybridized carbons (Fsp3) is 0.500. The van der Waals surface area contributed by atoms with Gasteiger partial charge in [-0.25, -0.2) is 4.98 Å². The van der Waals surface area contributed by atoms with E-state index < -0.39 is 11.7 Å². The molecule has 6 heteroatoms. The van der Waals surface area contributed by atoms with Crippen molar-refractivity contribution in [3.05, 3.63) is 23.8 Å². The Labute approximate surface area is 119 Å². The molecule has 1 heterocycles. The van der Waals surface area contributed by atoms with Crippen molar-refractivity contribution < 1.29 is 13.2 Å². The van der Waals surface area contributed by atoms with Crippen LogP contribution in [0.5, 0.6) is 0 Å². The predicted octanol–water partition coefficient (Wildman–Crippen LogP) is 4.92. The number of nitrogens with one attached hydrogen (secondary N) is 1. The first-order chi connectivity index (χ1) is 9.52. The van der Waals surface area contributed by atoms with Gasteiger partial charge in [-0.1, -0.05) is 30.6 Å². The van der Waals surface area contributed by atoms with Gasteiger partial charge < -0.3 is 5.32 Å². The Morgan fingerprint density at radius 3 is 2.75 bits per heavy atom. The van der Waals surface area contributed by atoms with Gasteiger partial charge in [0.2, 0.25) is 0 Å². The average Bonchev–Trinajstić information content (AvgIpc) is 2.72. The Kier molecular flexibility index (Phi) is 3.58. The van der Waals surface area contributed by atoms with Crippen LogP contribution in [-0.4, -0.2) is 11.5 Å². The largest absolute Gasteiger partial charge is 0.416 e.